The molecule has 1 N–H and O–H groups in total. The minimum atomic E-state index is -0.380. The molecule has 2 aromatic rings. The number of aromatic nitrogens is 2. The van der Waals surface area contributed by atoms with E-state index in [9.17, 15) is 4.79 Å². The summed E-state index contributed by atoms with van der Waals surface area (Å²) in [6.45, 7) is 2.30. The number of nitrogens with zero attached hydrogens (tertiary/aromatic N) is 1. The normalized spacial score (nSPS) is 17.2. The number of fused-ring (bicyclic) bond motifs is 1. The molecule has 1 unspecified atom stereocenters. The molecule has 1 aliphatic heterocycles. The topological polar surface area (TPSA) is 64.2 Å². The van der Waals surface area contributed by atoms with Crippen molar-refractivity contribution < 1.29 is 9.47 Å². The molecule has 0 radical (unpaired) electrons. The van der Waals surface area contributed by atoms with Crippen LogP contribution in [0.2, 0.25) is 0 Å². The van der Waals surface area contributed by atoms with Crippen LogP contribution in [0.1, 0.15) is 24.5 Å². The average Bonchev–Trinajstić information content (AvgIpc) is 2.46. The molecule has 0 saturated carbocycles. The molecular formula is C14H14N2O3. The molecular weight excluding hydrogens is 244 g/mol. The summed E-state index contributed by atoms with van der Waals surface area (Å²) >= 11 is 0. The molecule has 98 valence electrons. The summed E-state index contributed by atoms with van der Waals surface area (Å²) in [4.78, 5) is 18.7. The maximum Gasteiger partial charge on any atom is 0.251 e. The molecule has 5 heteroatoms. The van der Waals surface area contributed by atoms with Gasteiger partial charge in [0.05, 0.1) is 0 Å². The van der Waals surface area contributed by atoms with Crippen molar-refractivity contribution in [3.8, 4) is 11.5 Å². The molecule has 2 heterocycles. The lowest BCUT2D eigenvalue weighted by molar-refractivity contribution is 0.0847. The van der Waals surface area contributed by atoms with E-state index < -0.39 is 0 Å². The monoisotopic (exact) mass is 258 g/mol. The van der Waals surface area contributed by atoms with Crippen LogP contribution >= 0.6 is 0 Å². The molecule has 0 amide bonds. The van der Waals surface area contributed by atoms with Crippen LogP contribution in [0.5, 0.6) is 11.5 Å². The number of hydrogen-bond donors (Lipinski definition) is 1. The number of hydrogen-bond acceptors (Lipinski definition) is 4. The van der Waals surface area contributed by atoms with Crippen molar-refractivity contribution >= 4 is 0 Å². The fraction of sp³-hybridized carbons (Fsp3) is 0.286. The number of ether oxygens (including phenoxy) is 2. The number of nitrogens with one attached hydrogen (secondary N) is 1. The zero-order chi connectivity index (χ0) is 13.2. The van der Waals surface area contributed by atoms with Crippen LogP contribution in [-0.4, -0.2) is 16.6 Å². The fourth-order valence-corrected chi connectivity index (χ4v) is 2.02. The largest absolute Gasteiger partial charge is 0.485 e. The average molecular weight is 258 g/mol. The van der Waals surface area contributed by atoms with Crippen molar-refractivity contribution in [2.45, 2.75) is 19.4 Å². The summed E-state index contributed by atoms with van der Waals surface area (Å²) in [6, 6.07) is 8.96. The summed E-state index contributed by atoms with van der Waals surface area (Å²) in [6.07, 6.45) is 0.329. The van der Waals surface area contributed by atoms with Gasteiger partial charge in [0.2, 0.25) is 0 Å². The van der Waals surface area contributed by atoms with E-state index in [-0.39, 0.29) is 11.7 Å². The van der Waals surface area contributed by atoms with Crippen molar-refractivity contribution in [2.75, 3.05) is 6.61 Å². The molecule has 19 heavy (non-hydrogen) atoms. The number of rotatable bonds is 2. The van der Waals surface area contributed by atoms with E-state index in [1.165, 1.54) is 6.07 Å². The quantitative estimate of drug-likeness (QED) is 0.892. The third-order valence-electron chi connectivity index (χ3n) is 2.99. The maximum atomic E-state index is 11.6. The first kappa shape index (κ1) is 11.8. The third kappa shape index (κ3) is 2.31. The van der Waals surface area contributed by atoms with E-state index >= 15 is 0 Å². The molecule has 0 fully saturated rings. The molecule has 3 rings (SSSR count). The van der Waals surface area contributed by atoms with Crippen LogP contribution in [0.4, 0.5) is 0 Å². The van der Waals surface area contributed by atoms with Gasteiger partial charge in [-0.3, -0.25) is 4.79 Å². The van der Waals surface area contributed by atoms with Gasteiger partial charge in [0.15, 0.2) is 23.4 Å². The predicted molar refractivity (Wildman–Crippen MR) is 69.5 cm³/mol. The first-order chi connectivity index (χ1) is 9.26. The molecule has 0 bridgehead atoms. The Bertz CT molecular complexity index is 651. The lowest BCUT2D eigenvalue weighted by Gasteiger charge is -2.25. The first-order valence-electron chi connectivity index (χ1n) is 6.25. The Hall–Kier alpha value is -2.30. The molecule has 0 spiro atoms. The van der Waals surface area contributed by atoms with Crippen LogP contribution in [-0.2, 0) is 6.42 Å². The fourth-order valence-electron chi connectivity index (χ4n) is 2.02. The summed E-state index contributed by atoms with van der Waals surface area (Å²) in [5.74, 6) is 1.90. The Morgan fingerprint density at radius 1 is 1.37 bits per heavy atom. The van der Waals surface area contributed by atoms with Gasteiger partial charge in [-0.1, -0.05) is 19.1 Å². The van der Waals surface area contributed by atoms with Crippen molar-refractivity contribution in [2.24, 2.45) is 0 Å². The van der Waals surface area contributed by atoms with Crippen molar-refractivity contribution in [3.63, 3.8) is 0 Å². The zero-order valence-electron chi connectivity index (χ0n) is 10.6. The third-order valence-corrected chi connectivity index (χ3v) is 2.99. The SMILES string of the molecule is CCc1cc(=O)[nH]c(C2COc3ccccc3O2)n1. The van der Waals surface area contributed by atoms with Crippen LogP contribution in [0.15, 0.2) is 35.1 Å². The van der Waals surface area contributed by atoms with E-state index in [0.29, 0.717) is 30.4 Å². The highest BCUT2D eigenvalue weighted by Crippen LogP contribution is 2.34. The molecule has 1 aromatic heterocycles. The van der Waals surface area contributed by atoms with Gasteiger partial charge in [-0.25, -0.2) is 4.98 Å². The Balaban J connectivity index is 1.93. The minimum Gasteiger partial charge on any atom is -0.485 e. The molecule has 1 aromatic carbocycles. The highest BCUT2D eigenvalue weighted by Gasteiger charge is 2.24. The van der Waals surface area contributed by atoms with Crippen molar-refractivity contribution in [1.82, 2.24) is 9.97 Å². The standard InChI is InChI=1S/C14H14N2O3/c1-2-9-7-13(17)16-14(15-9)12-8-18-10-5-3-4-6-11(10)19-12/h3-7,12H,2,8H2,1H3,(H,15,16,17). The number of aromatic amines is 1. The van der Waals surface area contributed by atoms with Gasteiger partial charge >= 0.3 is 0 Å². The van der Waals surface area contributed by atoms with Crippen molar-refractivity contribution in [3.05, 3.63) is 52.2 Å². The van der Waals surface area contributed by atoms with Gasteiger partial charge in [-0.15, -0.1) is 0 Å². The van der Waals surface area contributed by atoms with E-state index in [2.05, 4.69) is 9.97 Å². The van der Waals surface area contributed by atoms with Gasteiger partial charge in [0, 0.05) is 11.8 Å². The zero-order valence-corrected chi connectivity index (χ0v) is 10.6. The first-order valence-corrected chi connectivity index (χ1v) is 6.25. The predicted octanol–water partition coefficient (Wildman–Crippen LogP) is 1.84. The van der Waals surface area contributed by atoms with Gasteiger partial charge in [0.25, 0.3) is 5.56 Å². The van der Waals surface area contributed by atoms with Gasteiger partial charge in [-0.2, -0.15) is 0 Å². The number of H-pyrrole nitrogens is 1. The van der Waals surface area contributed by atoms with Crippen LogP contribution < -0.4 is 15.0 Å². The van der Waals surface area contributed by atoms with Gasteiger partial charge in [-0.05, 0) is 18.6 Å². The Morgan fingerprint density at radius 3 is 2.95 bits per heavy atom. The summed E-state index contributed by atoms with van der Waals surface area (Å²) in [5, 5.41) is 0. The van der Waals surface area contributed by atoms with Gasteiger partial charge < -0.3 is 14.5 Å². The number of para-hydroxylation sites is 2. The molecule has 0 aliphatic carbocycles. The molecule has 1 aliphatic rings. The summed E-state index contributed by atoms with van der Waals surface area (Å²) < 4.78 is 11.4. The smallest absolute Gasteiger partial charge is 0.251 e. The van der Waals surface area contributed by atoms with E-state index in [1.807, 2.05) is 31.2 Å². The highest BCUT2D eigenvalue weighted by molar-refractivity contribution is 5.41. The van der Waals surface area contributed by atoms with Crippen molar-refractivity contribution in [1.29, 1.82) is 0 Å². The lowest BCUT2D eigenvalue weighted by Crippen LogP contribution is -2.26. The van der Waals surface area contributed by atoms with E-state index in [0.717, 1.165) is 5.69 Å². The highest BCUT2D eigenvalue weighted by atomic mass is 16.6. The lowest BCUT2D eigenvalue weighted by atomic mass is 10.2. The second kappa shape index (κ2) is 4.76. The van der Waals surface area contributed by atoms with E-state index in [1.54, 1.807) is 0 Å². The molecule has 5 nitrogen and oxygen atoms in total. The summed E-state index contributed by atoms with van der Waals surface area (Å²) in [5.41, 5.74) is 0.588. The Kier molecular flexibility index (Phi) is 2.95. The Morgan fingerprint density at radius 2 is 2.16 bits per heavy atom. The number of benzene rings is 1. The van der Waals surface area contributed by atoms with Crippen LogP contribution in [0.25, 0.3) is 0 Å². The molecule has 1 atom stereocenters. The van der Waals surface area contributed by atoms with Gasteiger partial charge in [0.1, 0.15) is 6.61 Å². The minimum absolute atomic E-state index is 0.163. The van der Waals surface area contributed by atoms with Crippen LogP contribution in [0, 0.1) is 0 Å². The second-order valence-electron chi connectivity index (χ2n) is 4.34. The maximum absolute atomic E-state index is 11.6. The van der Waals surface area contributed by atoms with Crippen LogP contribution in [0.3, 0.4) is 0 Å². The Labute approximate surface area is 110 Å². The summed E-state index contributed by atoms with van der Waals surface area (Å²) in [7, 11) is 0. The second-order valence-corrected chi connectivity index (χ2v) is 4.34. The molecule has 0 saturated heterocycles. The number of aryl methyl sites for hydroxylation is 1. The van der Waals surface area contributed by atoms with E-state index in [4.69, 9.17) is 9.47 Å².